The second-order valence-corrected chi connectivity index (χ2v) is 3.42. The molecule has 0 bridgehead atoms. The summed E-state index contributed by atoms with van der Waals surface area (Å²) in [5, 5.41) is 5.54. The zero-order valence-electron chi connectivity index (χ0n) is 5.91. The molecular weight excluding hydrogens is 326 g/mol. The van der Waals surface area contributed by atoms with Gasteiger partial charge < -0.3 is 5.32 Å². The average Bonchev–Trinajstić information content (AvgIpc) is 1.89. The minimum Gasteiger partial charge on any atom is -0.317 e. The van der Waals surface area contributed by atoms with Crippen LogP contribution in [0.2, 0.25) is 0 Å². The van der Waals surface area contributed by atoms with Crippen molar-refractivity contribution < 1.29 is 0 Å². The first-order valence-electron chi connectivity index (χ1n) is 3.24. The van der Waals surface area contributed by atoms with Crippen molar-refractivity contribution in [1.82, 2.24) is 5.32 Å². The second-order valence-electron chi connectivity index (χ2n) is 1.84. The fourth-order valence-corrected chi connectivity index (χ4v) is 1.07. The van der Waals surface area contributed by atoms with Crippen LogP contribution in [0.1, 0.15) is 12.8 Å². The Bertz CT molecular complexity index is 46.3. The summed E-state index contributed by atoms with van der Waals surface area (Å²) in [6.07, 6.45) is 2.45. The van der Waals surface area contributed by atoms with Crippen LogP contribution < -0.4 is 5.32 Å². The van der Waals surface area contributed by atoms with Crippen LogP contribution in [0.3, 0.4) is 0 Å². The lowest BCUT2D eigenvalue weighted by Gasteiger charge is -1.99. The summed E-state index contributed by atoms with van der Waals surface area (Å²) in [6, 6.07) is 0. The maximum absolute atomic E-state index is 3.37. The largest absolute Gasteiger partial charge is 0.317 e. The fraction of sp³-hybridized carbons (Fsp3) is 1.00. The van der Waals surface area contributed by atoms with Crippen molar-refractivity contribution in [2.45, 2.75) is 12.8 Å². The first-order valence-corrected chi connectivity index (χ1v) is 5.48. The minimum absolute atomic E-state index is 0. The summed E-state index contributed by atoms with van der Waals surface area (Å²) in [4.78, 5) is 0. The van der Waals surface area contributed by atoms with Crippen molar-refractivity contribution in [2.75, 3.05) is 23.7 Å². The van der Waals surface area contributed by atoms with E-state index in [2.05, 4.69) is 37.2 Å². The van der Waals surface area contributed by atoms with Crippen LogP contribution in [-0.2, 0) is 0 Å². The highest BCUT2D eigenvalue weighted by Crippen LogP contribution is 1.86. The van der Waals surface area contributed by atoms with Crippen molar-refractivity contribution in [2.24, 2.45) is 0 Å². The molecule has 0 aliphatic rings. The number of hydrogen-bond donors (Lipinski definition) is 1. The lowest BCUT2D eigenvalue weighted by atomic mass is 10.4. The van der Waals surface area contributed by atoms with Gasteiger partial charge >= 0.3 is 0 Å². The van der Waals surface area contributed by atoms with Crippen LogP contribution in [0.4, 0.5) is 0 Å². The topological polar surface area (TPSA) is 12.0 Å². The van der Waals surface area contributed by atoms with Crippen molar-refractivity contribution in [1.29, 1.82) is 0 Å². The Morgan fingerprint density at radius 1 is 0.900 bits per heavy atom. The smallest absolute Gasteiger partial charge is 0.00433 e. The van der Waals surface area contributed by atoms with Gasteiger partial charge in [0, 0.05) is 10.7 Å². The molecule has 0 aromatic rings. The molecule has 0 aliphatic carbocycles. The Balaban J connectivity index is 0. The maximum atomic E-state index is 3.37. The molecule has 0 rings (SSSR count). The van der Waals surface area contributed by atoms with E-state index >= 15 is 0 Å². The Morgan fingerprint density at radius 2 is 1.30 bits per heavy atom. The minimum atomic E-state index is 0. The highest BCUT2D eigenvalue weighted by atomic mass is 79.9. The Labute approximate surface area is 90.4 Å². The van der Waals surface area contributed by atoms with Crippen LogP contribution >= 0.6 is 48.8 Å². The molecule has 0 aromatic carbocycles. The molecule has 0 atom stereocenters. The molecule has 0 spiro atoms. The monoisotopic (exact) mass is 337 g/mol. The molecular formula is C6H14Br3N. The van der Waals surface area contributed by atoms with Gasteiger partial charge in [-0.1, -0.05) is 31.9 Å². The second kappa shape index (κ2) is 13.0. The fourth-order valence-electron chi connectivity index (χ4n) is 0.509. The van der Waals surface area contributed by atoms with Gasteiger partial charge in [0.05, 0.1) is 0 Å². The normalized spacial score (nSPS) is 9.00. The van der Waals surface area contributed by atoms with Crippen LogP contribution in [0, 0.1) is 0 Å². The van der Waals surface area contributed by atoms with Crippen LogP contribution in [0.15, 0.2) is 0 Å². The zero-order chi connectivity index (χ0) is 6.95. The predicted molar refractivity (Wildman–Crippen MR) is 60.0 cm³/mol. The van der Waals surface area contributed by atoms with E-state index in [9.17, 15) is 0 Å². The highest BCUT2D eigenvalue weighted by Gasteiger charge is 1.84. The van der Waals surface area contributed by atoms with Gasteiger partial charge in [-0.3, -0.25) is 0 Å². The van der Waals surface area contributed by atoms with E-state index in [0.717, 1.165) is 23.7 Å². The van der Waals surface area contributed by atoms with Gasteiger partial charge in [0.15, 0.2) is 0 Å². The van der Waals surface area contributed by atoms with Gasteiger partial charge in [0.25, 0.3) is 0 Å². The Hall–Kier alpha value is 1.40. The number of hydrogen-bond acceptors (Lipinski definition) is 1. The van der Waals surface area contributed by atoms with Crippen LogP contribution in [-0.4, -0.2) is 23.7 Å². The van der Waals surface area contributed by atoms with Crippen molar-refractivity contribution in [3.05, 3.63) is 0 Å². The molecule has 0 unspecified atom stereocenters. The van der Waals surface area contributed by atoms with Crippen LogP contribution in [0.5, 0.6) is 0 Å². The molecule has 4 heteroatoms. The Kier molecular flexibility index (Phi) is 18.2. The number of halogens is 3. The zero-order valence-corrected chi connectivity index (χ0v) is 10.8. The van der Waals surface area contributed by atoms with Gasteiger partial charge in [-0.25, -0.2) is 0 Å². The maximum Gasteiger partial charge on any atom is 0.00433 e. The van der Waals surface area contributed by atoms with Crippen molar-refractivity contribution >= 4 is 48.8 Å². The molecule has 0 aromatic heterocycles. The summed E-state index contributed by atoms with van der Waals surface area (Å²) in [5.41, 5.74) is 0. The van der Waals surface area contributed by atoms with Crippen molar-refractivity contribution in [3.63, 3.8) is 0 Å². The molecule has 1 N–H and O–H groups in total. The van der Waals surface area contributed by atoms with E-state index in [0.29, 0.717) is 0 Å². The number of rotatable bonds is 6. The van der Waals surface area contributed by atoms with Gasteiger partial charge in [-0.15, -0.1) is 17.0 Å². The third-order valence-corrected chi connectivity index (χ3v) is 2.10. The number of alkyl halides is 2. The standard InChI is InChI=1S/C6H13Br2N.BrH/c7-3-1-5-9-6-2-4-8;/h9H,1-6H2;1H. The van der Waals surface area contributed by atoms with Gasteiger partial charge in [0.2, 0.25) is 0 Å². The van der Waals surface area contributed by atoms with E-state index in [-0.39, 0.29) is 17.0 Å². The lowest BCUT2D eigenvalue weighted by molar-refractivity contribution is 0.670. The predicted octanol–water partition coefficient (Wildman–Crippen LogP) is 2.72. The first-order chi connectivity index (χ1) is 4.41. The summed E-state index contributed by atoms with van der Waals surface area (Å²) in [6.45, 7) is 2.27. The third-order valence-electron chi connectivity index (χ3n) is 0.974. The molecule has 0 amide bonds. The molecule has 64 valence electrons. The summed E-state index contributed by atoms with van der Waals surface area (Å²) >= 11 is 6.74. The number of nitrogens with one attached hydrogen (secondary N) is 1. The van der Waals surface area contributed by atoms with E-state index < -0.39 is 0 Å². The van der Waals surface area contributed by atoms with E-state index in [4.69, 9.17) is 0 Å². The van der Waals surface area contributed by atoms with Crippen molar-refractivity contribution in [3.8, 4) is 0 Å². The molecule has 10 heavy (non-hydrogen) atoms. The molecule has 0 aliphatic heterocycles. The third kappa shape index (κ3) is 12.1. The molecule has 0 radical (unpaired) electrons. The first kappa shape index (κ1) is 14.0. The Morgan fingerprint density at radius 3 is 1.60 bits per heavy atom. The molecule has 0 fully saturated rings. The average molecular weight is 340 g/mol. The highest BCUT2D eigenvalue weighted by molar-refractivity contribution is 9.09. The van der Waals surface area contributed by atoms with E-state index in [1.807, 2.05) is 0 Å². The molecule has 0 heterocycles. The van der Waals surface area contributed by atoms with Gasteiger partial charge in [-0.05, 0) is 25.9 Å². The van der Waals surface area contributed by atoms with Gasteiger partial charge in [0.1, 0.15) is 0 Å². The molecule has 0 saturated heterocycles. The SMILES string of the molecule is Br.BrCCCNCCCBr. The summed E-state index contributed by atoms with van der Waals surface area (Å²) in [7, 11) is 0. The van der Waals surface area contributed by atoms with E-state index in [1.54, 1.807) is 0 Å². The molecule has 0 saturated carbocycles. The molecule has 1 nitrogen and oxygen atoms in total. The van der Waals surface area contributed by atoms with E-state index in [1.165, 1.54) is 12.8 Å². The van der Waals surface area contributed by atoms with Gasteiger partial charge in [-0.2, -0.15) is 0 Å². The summed E-state index contributed by atoms with van der Waals surface area (Å²) < 4.78 is 0. The lowest BCUT2D eigenvalue weighted by Crippen LogP contribution is -2.17. The summed E-state index contributed by atoms with van der Waals surface area (Å²) in [5.74, 6) is 0. The quantitative estimate of drug-likeness (QED) is 0.579. The van der Waals surface area contributed by atoms with Crippen LogP contribution in [0.25, 0.3) is 0 Å².